The Morgan fingerprint density at radius 2 is 0.487 bits per heavy atom. The van der Waals surface area contributed by atoms with E-state index in [0.717, 1.165) is 51.4 Å². The molecule has 0 saturated carbocycles. The quantitative estimate of drug-likeness (QED) is 0.0482. The fourth-order valence-electron chi connectivity index (χ4n) is 4.76. The fourth-order valence-corrected chi connectivity index (χ4v) is 8.02. The molecule has 0 bridgehead atoms. The van der Waals surface area contributed by atoms with Crippen molar-refractivity contribution >= 4 is 14.7 Å². The van der Waals surface area contributed by atoms with E-state index in [1.165, 1.54) is 103 Å². The summed E-state index contributed by atoms with van der Waals surface area (Å²) in [6, 6.07) is 0. The van der Waals surface area contributed by atoms with Gasteiger partial charge in [0, 0.05) is 14.7 Å². The Morgan fingerprint density at radius 3 is 0.667 bits per heavy atom. The Kier molecular flexibility index (Phi) is 38.2. The van der Waals surface area contributed by atoms with Crippen LogP contribution in [0.4, 0.5) is 0 Å². The van der Waals surface area contributed by atoms with Crippen LogP contribution in [-0.4, -0.2) is 24.6 Å². The van der Waals surface area contributed by atoms with Gasteiger partial charge in [0.2, 0.25) is 0 Å². The van der Waals surface area contributed by atoms with Gasteiger partial charge in [-0.25, -0.2) is 0 Å². The first-order valence-electron chi connectivity index (χ1n) is 16.8. The minimum atomic E-state index is -3.05. The van der Waals surface area contributed by atoms with Gasteiger partial charge >= 0.3 is 19.5 Å². The number of unbranched alkanes of at least 4 members (excludes halogenated alkanes) is 20. The van der Waals surface area contributed by atoms with Crippen molar-refractivity contribution in [2.24, 2.45) is 0 Å². The van der Waals surface area contributed by atoms with Gasteiger partial charge in [-0.2, -0.15) is 0 Å². The molecular formula is C32H68O4P2Zn. The third kappa shape index (κ3) is 39.0. The van der Waals surface area contributed by atoms with Crippen molar-refractivity contribution in [2.75, 3.05) is 24.6 Å². The zero-order valence-corrected chi connectivity index (χ0v) is 31.8. The number of rotatable bonds is 28. The largest absolute Gasteiger partial charge is 2.00 e. The third-order valence-corrected chi connectivity index (χ3v) is 11.4. The van der Waals surface area contributed by atoms with E-state index in [9.17, 15) is 18.9 Å². The summed E-state index contributed by atoms with van der Waals surface area (Å²) >= 11 is 0. The van der Waals surface area contributed by atoms with Gasteiger partial charge in [0.25, 0.3) is 0 Å². The van der Waals surface area contributed by atoms with Gasteiger partial charge in [0.1, 0.15) is 0 Å². The summed E-state index contributed by atoms with van der Waals surface area (Å²) in [5.74, 6) is 0. The molecule has 0 rings (SSSR count). The van der Waals surface area contributed by atoms with E-state index in [0.29, 0.717) is 24.6 Å². The summed E-state index contributed by atoms with van der Waals surface area (Å²) in [7, 11) is -6.11. The van der Waals surface area contributed by atoms with E-state index in [1.54, 1.807) is 0 Å². The van der Waals surface area contributed by atoms with Crippen LogP contribution < -0.4 is 9.79 Å². The Bertz CT molecular complexity index is 472. The summed E-state index contributed by atoms with van der Waals surface area (Å²) in [5, 5.41) is 0. The summed E-state index contributed by atoms with van der Waals surface area (Å²) in [6.45, 7) is 8.80. The molecule has 0 aromatic carbocycles. The van der Waals surface area contributed by atoms with Gasteiger partial charge in [0.15, 0.2) is 0 Å². The summed E-state index contributed by atoms with van der Waals surface area (Å²) < 4.78 is 23.7. The fraction of sp³-hybridized carbons (Fsp3) is 1.00. The van der Waals surface area contributed by atoms with Crippen molar-refractivity contribution in [3.63, 3.8) is 0 Å². The molecule has 232 valence electrons. The predicted octanol–water partition coefficient (Wildman–Crippen LogP) is 10.7. The van der Waals surface area contributed by atoms with E-state index >= 15 is 0 Å². The molecular weight excluding hydrogens is 576 g/mol. The Balaban J connectivity index is -0.000000648. The molecule has 0 aliphatic rings. The van der Waals surface area contributed by atoms with Gasteiger partial charge in [-0.3, -0.25) is 0 Å². The van der Waals surface area contributed by atoms with Crippen LogP contribution in [0, 0.1) is 0 Å². The van der Waals surface area contributed by atoms with Crippen LogP contribution in [0.25, 0.3) is 0 Å². The number of hydrogen-bond donors (Lipinski definition) is 0. The minimum Gasteiger partial charge on any atom is -0.799 e. The molecule has 4 nitrogen and oxygen atoms in total. The predicted molar refractivity (Wildman–Crippen MR) is 168 cm³/mol. The first kappa shape index (κ1) is 44.4. The second-order valence-electron chi connectivity index (χ2n) is 11.6. The third-order valence-electron chi connectivity index (χ3n) is 7.41. The first-order chi connectivity index (χ1) is 18.2. The van der Waals surface area contributed by atoms with Gasteiger partial charge in [-0.15, -0.1) is 0 Å². The van der Waals surface area contributed by atoms with E-state index in [2.05, 4.69) is 27.7 Å². The standard InChI is InChI=1S/2C16H35O2P.Zn/c2*1-3-5-7-9-11-13-15-19(17,18)16-14-12-10-8-6-4-2;/h2*3-16H2,1-2H3,(H,17,18);/q;;+2/p-2. The molecule has 0 aromatic heterocycles. The molecule has 39 heavy (non-hydrogen) atoms. The summed E-state index contributed by atoms with van der Waals surface area (Å²) in [6.07, 6.45) is 29.6. The molecule has 0 atom stereocenters. The summed E-state index contributed by atoms with van der Waals surface area (Å²) in [4.78, 5) is 23.7. The maximum absolute atomic E-state index is 11.8. The molecule has 0 fully saturated rings. The molecule has 7 heteroatoms. The normalized spacial score (nSPS) is 11.6. The van der Waals surface area contributed by atoms with Crippen LogP contribution in [0.2, 0.25) is 0 Å². The van der Waals surface area contributed by atoms with Gasteiger partial charge < -0.3 is 18.9 Å². The Labute approximate surface area is 258 Å². The average Bonchev–Trinajstić information content (AvgIpc) is 2.88. The zero-order valence-electron chi connectivity index (χ0n) is 27.0. The molecule has 0 aliphatic carbocycles. The van der Waals surface area contributed by atoms with Crippen molar-refractivity contribution in [3.8, 4) is 0 Å². The van der Waals surface area contributed by atoms with Crippen molar-refractivity contribution in [1.82, 2.24) is 0 Å². The van der Waals surface area contributed by atoms with Crippen LogP contribution in [0.15, 0.2) is 0 Å². The van der Waals surface area contributed by atoms with Crippen molar-refractivity contribution in [1.29, 1.82) is 0 Å². The molecule has 0 N–H and O–H groups in total. The van der Waals surface area contributed by atoms with Crippen LogP contribution >= 0.6 is 14.7 Å². The Morgan fingerprint density at radius 1 is 0.333 bits per heavy atom. The minimum absolute atomic E-state index is 0. The number of hydrogen-bond acceptors (Lipinski definition) is 4. The molecule has 0 heterocycles. The molecule has 0 radical (unpaired) electrons. The molecule has 0 spiro atoms. The topological polar surface area (TPSA) is 80.3 Å². The van der Waals surface area contributed by atoms with Crippen molar-refractivity contribution in [3.05, 3.63) is 0 Å². The molecule has 0 aromatic rings. The van der Waals surface area contributed by atoms with Crippen LogP contribution in [0.5, 0.6) is 0 Å². The van der Waals surface area contributed by atoms with Crippen LogP contribution in [-0.2, 0) is 28.6 Å². The second-order valence-corrected chi connectivity index (χ2v) is 16.6. The smallest absolute Gasteiger partial charge is 0.799 e. The first-order valence-corrected chi connectivity index (χ1v) is 20.8. The van der Waals surface area contributed by atoms with Crippen LogP contribution in [0.1, 0.15) is 182 Å². The second kappa shape index (κ2) is 33.5. The average molecular weight is 644 g/mol. The van der Waals surface area contributed by atoms with Gasteiger partial charge in [-0.05, 0) is 50.3 Å². The van der Waals surface area contributed by atoms with Crippen molar-refractivity contribution < 1.29 is 38.4 Å². The molecule has 0 saturated heterocycles. The van der Waals surface area contributed by atoms with Crippen molar-refractivity contribution in [2.45, 2.75) is 182 Å². The maximum Gasteiger partial charge on any atom is 2.00 e. The van der Waals surface area contributed by atoms with Gasteiger partial charge in [-0.1, -0.05) is 156 Å². The maximum atomic E-state index is 11.8. The molecule has 0 amide bonds. The SMILES string of the molecule is CCCCCCCCP(=O)([O-])CCCCCCCC.CCCCCCCCP(=O)([O-])CCCCCCCC.[Zn+2]. The Hall–Kier alpha value is 1.00. The zero-order chi connectivity index (χ0) is 28.8. The monoisotopic (exact) mass is 642 g/mol. The van der Waals surface area contributed by atoms with E-state index < -0.39 is 14.7 Å². The molecule has 0 unspecified atom stereocenters. The van der Waals surface area contributed by atoms with Crippen LogP contribution in [0.3, 0.4) is 0 Å². The van der Waals surface area contributed by atoms with E-state index in [4.69, 9.17) is 0 Å². The van der Waals surface area contributed by atoms with Gasteiger partial charge in [0.05, 0.1) is 0 Å². The summed E-state index contributed by atoms with van der Waals surface area (Å²) in [5.41, 5.74) is 0. The molecule has 0 aliphatic heterocycles. The van der Waals surface area contributed by atoms with E-state index in [-0.39, 0.29) is 19.5 Å². The van der Waals surface area contributed by atoms with E-state index in [1.807, 2.05) is 0 Å².